The summed E-state index contributed by atoms with van der Waals surface area (Å²) in [6.45, 7) is 5.92. The molecule has 0 N–H and O–H groups in total. The van der Waals surface area contributed by atoms with Crippen LogP contribution in [0.3, 0.4) is 0 Å². The van der Waals surface area contributed by atoms with Crippen LogP contribution in [0.5, 0.6) is 0 Å². The molecule has 0 saturated heterocycles. The first-order valence-electron chi connectivity index (χ1n) is 11.5. The van der Waals surface area contributed by atoms with Gasteiger partial charge in [-0.1, -0.05) is 51.3 Å². The molecule has 0 bridgehead atoms. The molecule has 5 nitrogen and oxygen atoms in total. The lowest BCUT2D eigenvalue weighted by Gasteiger charge is -2.38. The SMILES string of the molecule is CCCCCCC(=O)N(CCC)CC(=O)N1CCn2cccc2C1c1ccccc1F. The molecule has 168 valence electrons. The van der Waals surface area contributed by atoms with Crippen LogP contribution in [0, 0.1) is 5.82 Å². The van der Waals surface area contributed by atoms with Crippen molar-refractivity contribution >= 4 is 11.8 Å². The van der Waals surface area contributed by atoms with Crippen LogP contribution in [0.4, 0.5) is 4.39 Å². The van der Waals surface area contributed by atoms with Crippen molar-refractivity contribution in [3.63, 3.8) is 0 Å². The Bertz CT molecular complexity index is 879. The van der Waals surface area contributed by atoms with Crippen LogP contribution >= 0.6 is 0 Å². The first-order chi connectivity index (χ1) is 15.1. The zero-order chi connectivity index (χ0) is 22.2. The summed E-state index contributed by atoms with van der Waals surface area (Å²) < 4.78 is 16.8. The molecule has 0 spiro atoms. The molecular weight excluding hydrogens is 393 g/mol. The number of rotatable bonds is 10. The molecule has 1 aliphatic rings. The van der Waals surface area contributed by atoms with E-state index in [0.717, 1.165) is 37.8 Å². The van der Waals surface area contributed by atoms with Crippen molar-refractivity contribution in [1.29, 1.82) is 0 Å². The Labute approximate surface area is 184 Å². The Morgan fingerprint density at radius 2 is 1.84 bits per heavy atom. The summed E-state index contributed by atoms with van der Waals surface area (Å²) >= 11 is 0. The summed E-state index contributed by atoms with van der Waals surface area (Å²) in [6, 6.07) is 10.0. The van der Waals surface area contributed by atoms with Gasteiger partial charge in [-0.25, -0.2) is 4.39 Å². The van der Waals surface area contributed by atoms with E-state index in [1.54, 1.807) is 28.0 Å². The molecule has 0 fully saturated rings. The minimum absolute atomic E-state index is 0.0362. The summed E-state index contributed by atoms with van der Waals surface area (Å²) in [7, 11) is 0. The summed E-state index contributed by atoms with van der Waals surface area (Å²) in [5, 5.41) is 0. The molecular formula is C25H34FN3O2. The van der Waals surface area contributed by atoms with E-state index in [9.17, 15) is 14.0 Å². The number of hydrogen-bond donors (Lipinski definition) is 0. The van der Waals surface area contributed by atoms with Gasteiger partial charge in [-0.05, 0) is 31.0 Å². The number of amides is 2. The molecule has 3 rings (SSSR count). The number of carbonyl (C=O) groups excluding carboxylic acids is 2. The third-order valence-corrected chi connectivity index (χ3v) is 5.97. The second-order valence-corrected chi connectivity index (χ2v) is 8.26. The fourth-order valence-electron chi connectivity index (χ4n) is 4.35. The Kier molecular flexibility index (Phi) is 8.27. The van der Waals surface area contributed by atoms with Crippen molar-refractivity contribution in [1.82, 2.24) is 14.4 Å². The van der Waals surface area contributed by atoms with Crippen LogP contribution in [0.15, 0.2) is 42.6 Å². The standard InChI is InChI=1S/C25H34FN3O2/c1-3-5-6-7-14-23(30)28(15-4-2)19-24(31)29-18-17-27-16-10-13-22(27)25(29)20-11-8-9-12-21(20)26/h8-13,16,25H,3-7,14-15,17-19H2,1-2H3. The highest BCUT2D eigenvalue weighted by Crippen LogP contribution is 2.33. The van der Waals surface area contributed by atoms with Crippen LogP contribution in [0.2, 0.25) is 0 Å². The number of unbranched alkanes of at least 4 members (excludes halogenated alkanes) is 3. The van der Waals surface area contributed by atoms with Gasteiger partial charge in [0.05, 0.1) is 6.54 Å². The molecule has 2 amide bonds. The van der Waals surface area contributed by atoms with E-state index in [-0.39, 0.29) is 24.2 Å². The number of aromatic nitrogens is 1. The van der Waals surface area contributed by atoms with Crippen molar-refractivity contribution in [3.05, 3.63) is 59.7 Å². The van der Waals surface area contributed by atoms with Crippen LogP contribution in [-0.4, -0.2) is 45.8 Å². The second-order valence-electron chi connectivity index (χ2n) is 8.26. The molecule has 0 aliphatic carbocycles. The molecule has 2 aromatic rings. The predicted octanol–water partition coefficient (Wildman–Crippen LogP) is 4.77. The molecule has 0 radical (unpaired) electrons. The lowest BCUT2D eigenvalue weighted by Crippen LogP contribution is -2.48. The Balaban J connectivity index is 1.78. The average molecular weight is 428 g/mol. The fourth-order valence-corrected chi connectivity index (χ4v) is 4.35. The minimum atomic E-state index is -0.486. The number of nitrogens with zero attached hydrogens (tertiary/aromatic N) is 3. The van der Waals surface area contributed by atoms with Gasteiger partial charge in [0.1, 0.15) is 11.9 Å². The van der Waals surface area contributed by atoms with E-state index in [0.29, 0.717) is 31.6 Å². The highest BCUT2D eigenvalue weighted by Gasteiger charge is 2.34. The summed E-state index contributed by atoms with van der Waals surface area (Å²) in [5.74, 6) is -0.414. The zero-order valence-electron chi connectivity index (χ0n) is 18.7. The predicted molar refractivity (Wildman–Crippen MR) is 120 cm³/mol. The molecule has 1 unspecified atom stereocenters. The van der Waals surface area contributed by atoms with Crippen molar-refractivity contribution < 1.29 is 14.0 Å². The maximum absolute atomic E-state index is 14.7. The van der Waals surface area contributed by atoms with E-state index in [1.807, 2.05) is 25.3 Å². The van der Waals surface area contributed by atoms with Crippen LogP contribution in [0.25, 0.3) is 0 Å². The highest BCUT2D eigenvalue weighted by molar-refractivity contribution is 5.85. The van der Waals surface area contributed by atoms with Gasteiger partial charge in [-0.3, -0.25) is 9.59 Å². The van der Waals surface area contributed by atoms with Gasteiger partial charge in [0.2, 0.25) is 11.8 Å². The van der Waals surface area contributed by atoms with Crippen LogP contribution in [0.1, 0.15) is 69.7 Å². The third-order valence-electron chi connectivity index (χ3n) is 5.97. The van der Waals surface area contributed by atoms with E-state index in [4.69, 9.17) is 0 Å². The van der Waals surface area contributed by atoms with E-state index < -0.39 is 6.04 Å². The lowest BCUT2D eigenvalue weighted by atomic mass is 9.99. The molecule has 0 saturated carbocycles. The normalized spacial score (nSPS) is 15.6. The van der Waals surface area contributed by atoms with Gasteiger partial charge >= 0.3 is 0 Å². The van der Waals surface area contributed by atoms with Gasteiger partial charge in [0.25, 0.3) is 0 Å². The maximum atomic E-state index is 14.7. The molecule has 1 atom stereocenters. The zero-order valence-corrected chi connectivity index (χ0v) is 18.7. The van der Waals surface area contributed by atoms with Gasteiger partial charge < -0.3 is 14.4 Å². The molecule has 2 heterocycles. The van der Waals surface area contributed by atoms with Crippen molar-refractivity contribution in [2.75, 3.05) is 19.6 Å². The van der Waals surface area contributed by atoms with Crippen LogP contribution < -0.4 is 0 Å². The lowest BCUT2D eigenvalue weighted by molar-refractivity contribution is -0.142. The average Bonchev–Trinajstić information content (AvgIpc) is 3.25. The Morgan fingerprint density at radius 3 is 2.58 bits per heavy atom. The number of halogens is 1. The largest absolute Gasteiger partial charge is 0.348 e. The number of hydrogen-bond acceptors (Lipinski definition) is 2. The third kappa shape index (κ3) is 5.54. The molecule has 31 heavy (non-hydrogen) atoms. The maximum Gasteiger partial charge on any atom is 0.243 e. The first kappa shape index (κ1) is 23.0. The summed E-state index contributed by atoms with van der Waals surface area (Å²) in [6.07, 6.45) is 7.39. The Hall–Kier alpha value is -2.63. The van der Waals surface area contributed by atoms with Crippen LogP contribution in [-0.2, 0) is 16.1 Å². The smallest absolute Gasteiger partial charge is 0.243 e. The van der Waals surface area contributed by atoms with E-state index >= 15 is 0 Å². The molecule has 1 aliphatic heterocycles. The topological polar surface area (TPSA) is 45.6 Å². The Morgan fingerprint density at radius 1 is 1.03 bits per heavy atom. The number of carbonyl (C=O) groups is 2. The summed E-state index contributed by atoms with van der Waals surface area (Å²) in [5.41, 5.74) is 1.39. The summed E-state index contributed by atoms with van der Waals surface area (Å²) in [4.78, 5) is 29.6. The van der Waals surface area contributed by atoms with E-state index in [2.05, 4.69) is 11.5 Å². The fraction of sp³-hybridized carbons (Fsp3) is 0.520. The second kappa shape index (κ2) is 11.1. The number of benzene rings is 1. The highest BCUT2D eigenvalue weighted by atomic mass is 19.1. The quantitative estimate of drug-likeness (QED) is 0.513. The van der Waals surface area contributed by atoms with Crippen molar-refractivity contribution in [3.8, 4) is 0 Å². The van der Waals surface area contributed by atoms with Gasteiger partial charge in [0.15, 0.2) is 0 Å². The van der Waals surface area contributed by atoms with Gasteiger partial charge in [-0.2, -0.15) is 0 Å². The van der Waals surface area contributed by atoms with Crippen molar-refractivity contribution in [2.24, 2.45) is 0 Å². The first-order valence-corrected chi connectivity index (χ1v) is 11.5. The number of fused-ring (bicyclic) bond motifs is 1. The van der Waals surface area contributed by atoms with E-state index in [1.165, 1.54) is 6.07 Å². The minimum Gasteiger partial charge on any atom is -0.348 e. The van der Waals surface area contributed by atoms with Gasteiger partial charge in [-0.15, -0.1) is 0 Å². The monoisotopic (exact) mass is 427 g/mol. The van der Waals surface area contributed by atoms with Crippen molar-refractivity contribution in [2.45, 2.75) is 65.0 Å². The van der Waals surface area contributed by atoms with Gasteiger partial charge in [0, 0.05) is 43.5 Å². The molecule has 6 heteroatoms. The molecule has 1 aromatic carbocycles. The molecule has 1 aromatic heterocycles.